The molecule has 0 unspecified atom stereocenters. The molecule has 132 valence electrons. The molecule has 0 spiro atoms. The molecular weight excluding hydrogens is 344 g/mol. The maximum Gasteiger partial charge on any atom is 0.156 e. The van der Waals surface area contributed by atoms with Gasteiger partial charge in [0.15, 0.2) is 5.82 Å². The van der Waals surface area contributed by atoms with Gasteiger partial charge in [0, 0.05) is 23.0 Å². The van der Waals surface area contributed by atoms with Crippen LogP contribution in [0.25, 0.3) is 33.7 Å². The molecule has 0 fully saturated rings. The molecule has 0 amide bonds. The smallest absolute Gasteiger partial charge is 0.156 e. The molecule has 2 aromatic heterocycles. The lowest BCUT2D eigenvalue weighted by Crippen LogP contribution is -2.12. The quantitative estimate of drug-likeness (QED) is 0.504. The van der Waals surface area contributed by atoms with Crippen molar-refractivity contribution >= 4 is 22.6 Å². The number of halogens is 1. The number of aromatic amines is 1. The van der Waals surface area contributed by atoms with Gasteiger partial charge in [0.05, 0.1) is 16.7 Å². The maximum absolute atomic E-state index is 6.34. The van der Waals surface area contributed by atoms with Crippen molar-refractivity contribution in [3.63, 3.8) is 0 Å². The summed E-state index contributed by atoms with van der Waals surface area (Å²) in [5.41, 5.74) is 6.02. The van der Waals surface area contributed by atoms with Crippen molar-refractivity contribution in [2.45, 2.75) is 26.2 Å². The van der Waals surface area contributed by atoms with Crippen molar-refractivity contribution in [3.05, 3.63) is 59.2 Å². The summed E-state index contributed by atoms with van der Waals surface area (Å²) in [5.74, 6) is 0.821. The summed E-state index contributed by atoms with van der Waals surface area (Å²) in [7, 11) is 1.95. The normalized spacial score (nSPS) is 12.0. The molecule has 0 aliphatic rings. The fourth-order valence-electron chi connectivity index (χ4n) is 3.05. The monoisotopic (exact) mass is 364 g/mol. The summed E-state index contributed by atoms with van der Waals surface area (Å²) in [6.45, 7) is 6.48. The first-order valence-corrected chi connectivity index (χ1v) is 9.00. The lowest BCUT2D eigenvalue weighted by atomic mass is 9.92. The summed E-state index contributed by atoms with van der Waals surface area (Å²) in [5, 5.41) is 5.39. The maximum atomic E-state index is 6.34. The van der Waals surface area contributed by atoms with Gasteiger partial charge in [-0.15, -0.1) is 0 Å². The fourth-order valence-corrected chi connectivity index (χ4v) is 3.29. The summed E-state index contributed by atoms with van der Waals surface area (Å²) < 4.78 is 1.88. The highest BCUT2D eigenvalue weighted by atomic mass is 35.5. The number of rotatable bonds is 2. The SMILES string of the molecule is Cn1nc(C(C)(C)C)cc1-c1nc2ccc(-c3ccccc3Cl)cc2[nH]1. The van der Waals surface area contributed by atoms with Crippen LogP contribution in [0.15, 0.2) is 48.5 Å². The van der Waals surface area contributed by atoms with Crippen LogP contribution in [0.2, 0.25) is 5.02 Å². The molecular formula is C21H21ClN4. The zero-order chi connectivity index (χ0) is 18.5. The Hall–Kier alpha value is -2.59. The molecule has 0 radical (unpaired) electrons. The first-order chi connectivity index (χ1) is 12.3. The van der Waals surface area contributed by atoms with Crippen LogP contribution in [0, 0.1) is 0 Å². The van der Waals surface area contributed by atoms with Crippen molar-refractivity contribution in [2.24, 2.45) is 7.05 Å². The number of benzene rings is 2. The molecule has 4 rings (SSSR count). The number of aryl methyl sites for hydroxylation is 1. The molecule has 4 nitrogen and oxygen atoms in total. The van der Waals surface area contributed by atoms with Gasteiger partial charge in [0.2, 0.25) is 0 Å². The lowest BCUT2D eigenvalue weighted by Gasteiger charge is -2.13. The van der Waals surface area contributed by atoms with E-state index in [2.05, 4.69) is 49.1 Å². The minimum Gasteiger partial charge on any atom is -0.337 e. The van der Waals surface area contributed by atoms with Crippen molar-refractivity contribution in [1.82, 2.24) is 19.7 Å². The van der Waals surface area contributed by atoms with Gasteiger partial charge in [-0.3, -0.25) is 4.68 Å². The molecule has 0 bridgehead atoms. The predicted octanol–water partition coefficient (Wildman–Crippen LogP) is 5.58. The number of imidazole rings is 1. The number of nitrogens with zero attached hydrogens (tertiary/aromatic N) is 3. The molecule has 0 atom stereocenters. The number of hydrogen-bond donors (Lipinski definition) is 1. The van der Waals surface area contributed by atoms with E-state index in [0.29, 0.717) is 0 Å². The van der Waals surface area contributed by atoms with Crippen LogP contribution in [0.5, 0.6) is 0 Å². The van der Waals surface area contributed by atoms with Gasteiger partial charge in [-0.25, -0.2) is 4.98 Å². The van der Waals surface area contributed by atoms with E-state index >= 15 is 0 Å². The average Bonchev–Trinajstić information content (AvgIpc) is 3.17. The Bertz CT molecular complexity index is 1100. The van der Waals surface area contributed by atoms with E-state index in [9.17, 15) is 0 Å². The largest absolute Gasteiger partial charge is 0.337 e. The molecule has 0 aliphatic carbocycles. The number of fused-ring (bicyclic) bond motifs is 1. The fraction of sp³-hybridized carbons (Fsp3) is 0.238. The topological polar surface area (TPSA) is 46.5 Å². The van der Waals surface area contributed by atoms with Crippen LogP contribution in [-0.2, 0) is 12.5 Å². The van der Waals surface area contributed by atoms with Gasteiger partial charge >= 0.3 is 0 Å². The standard InChI is InChI=1S/C21H21ClN4/c1-21(2,3)19-12-18(26(4)25-19)20-23-16-10-9-13(11-17(16)24-20)14-7-5-6-8-15(14)22/h5-12H,1-4H3,(H,23,24). The zero-order valence-electron chi connectivity index (χ0n) is 15.3. The highest BCUT2D eigenvalue weighted by Crippen LogP contribution is 2.31. The molecule has 0 saturated heterocycles. The summed E-state index contributed by atoms with van der Waals surface area (Å²) >= 11 is 6.34. The van der Waals surface area contributed by atoms with Gasteiger partial charge in [0.25, 0.3) is 0 Å². The first-order valence-electron chi connectivity index (χ1n) is 8.62. The second kappa shape index (κ2) is 5.99. The molecule has 2 aromatic carbocycles. The van der Waals surface area contributed by atoms with E-state index in [0.717, 1.165) is 44.4 Å². The molecule has 2 heterocycles. The van der Waals surface area contributed by atoms with E-state index < -0.39 is 0 Å². The van der Waals surface area contributed by atoms with Crippen molar-refractivity contribution < 1.29 is 0 Å². The van der Waals surface area contributed by atoms with Gasteiger partial charge in [0.1, 0.15) is 5.69 Å². The first kappa shape index (κ1) is 16.9. The van der Waals surface area contributed by atoms with Crippen molar-refractivity contribution in [3.8, 4) is 22.6 Å². The van der Waals surface area contributed by atoms with Gasteiger partial charge < -0.3 is 4.98 Å². The van der Waals surface area contributed by atoms with Crippen LogP contribution >= 0.6 is 11.6 Å². The Balaban J connectivity index is 1.80. The van der Waals surface area contributed by atoms with E-state index in [1.54, 1.807) is 0 Å². The van der Waals surface area contributed by atoms with Gasteiger partial charge in [-0.2, -0.15) is 5.10 Å². The third kappa shape index (κ3) is 2.90. The predicted molar refractivity (Wildman–Crippen MR) is 107 cm³/mol. The van der Waals surface area contributed by atoms with Gasteiger partial charge in [-0.1, -0.05) is 56.6 Å². The number of H-pyrrole nitrogens is 1. The Morgan fingerprint density at radius 3 is 2.50 bits per heavy atom. The van der Waals surface area contributed by atoms with E-state index in [1.165, 1.54) is 0 Å². The van der Waals surface area contributed by atoms with Crippen LogP contribution < -0.4 is 0 Å². The van der Waals surface area contributed by atoms with E-state index in [-0.39, 0.29) is 5.41 Å². The second-order valence-electron chi connectivity index (χ2n) is 7.59. The minimum atomic E-state index is -0.000741. The van der Waals surface area contributed by atoms with Crippen LogP contribution in [0.1, 0.15) is 26.5 Å². The molecule has 1 N–H and O–H groups in total. The second-order valence-corrected chi connectivity index (χ2v) is 7.99. The number of hydrogen-bond acceptors (Lipinski definition) is 2. The highest BCUT2D eigenvalue weighted by molar-refractivity contribution is 6.33. The minimum absolute atomic E-state index is 0.000741. The van der Waals surface area contributed by atoms with Crippen molar-refractivity contribution in [2.75, 3.05) is 0 Å². The van der Waals surface area contributed by atoms with Gasteiger partial charge in [-0.05, 0) is 29.8 Å². The van der Waals surface area contributed by atoms with Crippen LogP contribution in [0.3, 0.4) is 0 Å². The third-order valence-corrected chi connectivity index (χ3v) is 4.89. The Morgan fingerprint density at radius 2 is 1.81 bits per heavy atom. The van der Waals surface area contributed by atoms with E-state index in [4.69, 9.17) is 16.6 Å². The number of aromatic nitrogens is 4. The van der Waals surface area contributed by atoms with Crippen LogP contribution in [-0.4, -0.2) is 19.7 Å². The Kier molecular flexibility index (Phi) is 3.88. The summed E-state index contributed by atoms with van der Waals surface area (Å²) in [6, 6.07) is 16.1. The summed E-state index contributed by atoms with van der Waals surface area (Å²) in [6.07, 6.45) is 0. The summed E-state index contributed by atoms with van der Waals surface area (Å²) in [4.78, 5) is 8.18. The number of nitrogens with one attached hydrogen (secondary N) is 1. The zero-order valence-corrected chi connectivity index (χ0v) is 16.1. The lowest BCUT2D eigenvalue weighted by molar-refractivity contribution is 0.553. The molecule has 26 heavy (non-hydrogen) atoms. The van der Waals surface area contributed by atoms with Crippen molar-refractivity contribution in [1.29, 1.82) is 0 Å². The molecule has 0 saturated carbocycles. The van der Waals surface area contributed by atoms with Crippen LogP contribution in [0.4, 0.5) is 0 Å². The van der Waals surface area contributed by atoms with E-state index in [1.807, 2.05) is 42.1 Å². The molecule has 5 heteroatoms. The molecule has 0 aliphatic heterocycles. The molecule has 4 aromatic rings. The Labute approximate surface area is 157 Å². The third-order valence-electron chi connectivity index (χ3n) is 4.56. The average molecular weight is 365 g/mol. The Morgan fingerprint density at radius 1 is 1.04 bits per heavy atom. The highest BCUT2D eigenvalue weighted by Gasteiger charge is 2.20.